The van der Waals surface area contributed by atoms with E-state index >= 15 is 0 Å². The lowest BCUT2D eigenvalue weighted by molar-refractivity contribution is 0.0941. The molecule has 1 atom stereocenters. The second-order valence-corrected chi connectivity index (χ2v) is 6.46. The Labute approximate surface area is 136 Å². The Hall–Kier alpha value is -2.41. The first-order valence-electron chi connectivity index (χ1n) is 7.36. The normalized spacial score (nSPS) is 12.4. The molecule has 0 aromatic carbocycles. The molecule has 0 aliphatic heterocycles. The van der Waals surface area contributed by atoms with Crippen LogP contribution in [0, 0.1) is 6.92 Å². The van der Waals surface area contributed by atoms with E-state index in [4.69, 9.17) is 4.42 Å². The van der Waals surface area contributed by atoms with Crippen molar-refractivity contribution in [2.75, 3.05) is 0 Å². The van der Waals surface area contributed by atoms with Crippen LogP contribution in [0.5, 0.6) is 0 Å². The highest BCUT2D eigenvalue weighted by atomic mass is 32.1. The van der Waals surface area contributed by atoms with Crippen LogP contribution in [0.25, 0.3) is 10.2 Å². The van der Waals surface area contributed by atoms with Crippen LogP contribution in [0.2, 0.25) is 0 Å². The predicted octanol–water partition coefficient (Wildman–Crippen LogP) is 2.64. The fourth-order valence-corrected chi connectivity index (χ4v) is 3.52. The molecule has 0 unspecified atom stereocenters. The van der Waals surface area contributed by atoms with Gasteiger partial charge in [0.05, 0.1) is 22.9 Å². The van der Waals surface area contributed by atoms with E-state index in [1.165, 1.54) is 17.7 Å². The summed E-state index contributed by atoms with van der Waals surface area (Å²) in [5.74, 6) is 0.733. The molecule has 120 valence electrons. The third kappa shape index (κ3) is 3.19. The largest absolute Gasteiger partial charge is 0.469 e. The lowest BCUT2D eigenvalue weighted by Gasteiger charge is -2.12. The molecular weight excluding hydrogens is 314 g/mol. The summed E-state index contributed by atoms with van der Waals surface area (Å²) in [7, 11) is 0. The second kappa shape index (κ2) is 6.37. The lowest BCUT2D eigenvalue weighted by Crippen LogP contribution is -2.32. The molecule has 0 saturated carbocycles. The summed E-state index contributed by atoms with van der Waals surface area (Å²) < 4.78 is 5.29. The SMILES string of the molecule is Cc1c(C(=O)N[C@@H](C)CCc2ccco2)sc2nc[nH]c(=O)c12. The number of amides is 1. The van der Waals surface area contributed by atoms with E-state index < -0.39 is 0 Å². The van der Waals surface area contributed by atoms with E-state index in [0.717, 1.165) is 18.6 Å². The minimum Gasteiger partial charge on any atom is -0.469 e. The number of aromatic amines is 1. The van der Waals surface area contributed by atoms with Gasteiger partial charge in [0.15, 0.2) is 0 Å². The molecule has 23 heavy (non-hydrogen) atoms. The smallest absolute Gasteiger partial charge is 0.261 e. The van der Waals surface area contributed by atoms with Gasteiger partial charge < -0.3 is 14.7 Å². The molecule has 2 N–H and O–H groups in total. The van der Waals surface area contributed by atoms with Crippen LogP contribution in [-0.2, 0) is 6.42 Å². The zero-order valence-corrected chi connectivity index (χ0v) is 13.7. The number of H-pyrrole nitrogens is 1. The monoisotopic (exact) mass is 331 g/mol. The van der Waals surface area contributed by atoms with Gasteiger partial charge in [0.25, 0.3) is 11.5 Å². The summed E-state index contributed by atoms with van der Waals surface area (Å²) in [6.45, 7) is 3.73. The number of carbonyl (C=O) groups is 1. The van der Waals surface area contributed by atoms with Crippen molar-refractivity contribution in [3.05, 3.63) is 51.3 Å². The lowest BCUT2D eigenvalue weighted by atomic mass is 10.1. The zero-order chi connectivity index (χ0) is 16.4. The number of nitrogens with zero attached hydrogens (tertiary/aromatic N) is 1. The summed E-state index contributed by atoms with van der Waals surface area (Å²) in [4.78, 5) is 32.1. The average Bonchev–Trinajstić information content (AvgIpc) is 3.14. The Morgan fingerprint density at radius 1 is 1.52 bits per heavy atom. The average molecular weight is 331 g/mol. The number of aryl methyl sites for hydroxylation is 2. The van der Waals surface area contributed by atoms with Gasteiger partial charge in [-0.25, -0.2) is 4.98 Å². The van der Waals surface area contributed by atoms with Crippen LogP contribution in [0.3, 0.4) is 0 Å². The van der Waals surface area contributed by atoms with E-state index in [2.05, 4.69) is 15.3 Å². The van der Waals surface area contributed by atoms with Gasteiger partial charge in [-0.05, 0) is 38.0 Å². The summed E-state index contributed by atoms with van der Waals surface area (Å²) in [6, 6.07) is 3.77. The molecule has 3 aromatic heterocycles. The molecule has 0 aliphatic carbocycles. The van der Waals surface area contributed by atoms with Gasteiger partial charge >= 0.3 is 0 Å². The molecule has 0 spiro atoms. The van der Waals surface area contributed by atoms with Gasteiger partial charge in [0.1, 0.15) is 10.6 Å². The van der Waals surface area contributed by atoms with Crippen molar-refractivity contribution in [1.82, 2.24) is 15.3 Å². The maximum Gasteiger partial charge on any atom is 0.261 e. The third-order valence-corrected chi connectivity index (χ3v) is 4.92. The third-order valence-electron chi connectivity index (χ3n) is 3.72. The first-order chi connectivity index (χ1) is 11.1. The molecule has 3 heterocycles. The Kier molecular flexibility index (Phi) is 4.29. The highest BCUT2D eigenvalue weighted by molar-refractivity contribution is 7.20. The molecule has 0 fully saturated rings. The van der Waals surface area contributed by atoms with Gasteiger partial charge in [-0.1, -0.05) is 0 Å². The van der Waals surface area contributed by atoms with Crippen molar-refractivity contribution in [2.45, 2.75) is 32.7 Å². The first kappa shape index (κ1) is 15.5. The van der Waals surface area contributed by atoms with E-state index in [1.54, 1.807) is 13.2 Å². The molecule has 7 heteroatoms. The highest BCUT2D eigenvalue weighted by Gasteiger charge is 2.19. The van der Waals surface area contributed by atoms with Crippen LogP contribution in [-0.4, -0.2) is 21.9 Å². The number of rotatable bonds is 5. The zero-order valence-electron chi connectivity index (χ0n) is 12.9. The second-order valence-electron chi connectivity index (χ2n) is 5.46. The number of aromatic nitrogens is 2. The van der Waals surface area contributed by atoms with Crippen LogP contribution in [0.4, 0.5) is 0 Å². The highest BCUT2D eigenvalue weighted by Crippen LogP contribution is 2.26. The van der Waals surface area contributed by atoms with Gasteiger partial charge in [-0.15, -0.1) is 11.3 Å². The fraction of sp³-hybridized carbons (Fsp3) is 0.312. The molecule has 3 aromatic rings. The maximum atomic E-state index is 12.5. The minimum absolute atomic E-state index is 0.00320. The number of thiophene rings is 1. The molecule has 0 aliphatic rings. The summed E-state index contributed by atoms with van der Waals surface area (Å²) in [5, 5.41) is 3.46. The summed E-state index contributed by atoms with van der Waals surface area (Å²) in [5.41, 5.74) is 0.462. The van der Waals surface area contributed by atoms with Crippen LogP contribution in [0.1, 0.15) is 34.3 Å². The molecule has 0 saturated heterocycles. The predicted molar refractivity (Wildman–Crippen MR) is 88.9 cm³/mol. The van der Waals surface area contributed by atoms with Crippen molar-refractivity contribution in [2.24, 2.45) is 0 Å². The Morgan fingerprint density at radius 3 is 3.04 bits per heavy atom. The van der Waals surface area contributed by atoms with Crippen molar-refractivity contribution in [3.63, 3.8) is 0 Å². The number of hydrogen-bond acceptors (Lipinski definition) is 5. The van der Waals surface area contributed by atoms with Crippen LogP contribution >= 0.6 is 11.3 Å². The number of fused-ring (bicyclic) bond motifs is 1. The Bertz CT molecular complexity index is 880. The first-order valence-corrected chi connectivity index (χ1v) is 8.18. The van der Waals surface area contributed by atoms with Crippen molar-refractivity contribution in [3.8, 4) is 0 Å². The fourth-order valence-electron chi connectivity index (χ4n) is 2.47. The quantitative estimate of drug-likeness (QED) is 0.752. The molecule has 3 rings (SSSR count). The van der Waals surface area contributed by atoms with Crippen molar-refractivity contribution >= 4 is 27.5 Å². The number of furan rings is 1. The summed E-state index contributed by atoms with van der Waals surface area (Å²) >= 11 is 1.24. The van der Waals surface area contributed by atoms with Gasteiger partial charge in [0, 0.05) is 12.5 Å². The Morgan fingerprint density at radius 2 is 2.35 bits per heavy atom. The van der Waals surface area contributed by atoms with E-state index in [9.17, 15) is 9.59 Å². The molecule has 6 nitrogen and oxygen atoms in total. The van der Waals surface area contributed by atoms with Crippen molar-refractivity contribution < 1.29 is 9.21 Å². The van der Waals surface area contributed by atoms with E-state index in [0.29, 0.717) is 20.7 Å². The number of carbonyl (C=O) groups excluding carboxylic acids is 1. The van der Waals surface area contributed by atoms with E-state index in [-0.39, 0.29) is 17.5 Å². The number of hydrogen-bond donors (Lipinski definition) is 2. The molecule has 0 bridgehead atoms. The van der Waals surface area contributed by atoms with Gasteiger partial charge in [-0.3, -0.25) is 9.59 Å². The Balaban J connectivity index is 1.72. The molecule has 0 radical (unpaired) electrons. The van der Waals surface area contributed by atoms with Gasteiger partial charge in [-0.2, -0.15) is 0 Å². The molecular formula is C16H17N3O3S. The van der Waals surface area contributed by atoms with Crippen LogP contribution in [0.15, 0.2) is 33.9 Å². The van der Waals surface area contributed by atoms with E-state index in [1.807, 2.05) is 19.1 Å². The van der Waals surface area contributed by atoms with Crippen LogP contribution < -0.4 is 10.9 Å². The number of nitrogens with one attached hydrogen (secondary N) is 2. The van der Waals surface area contributed by atoms with Gasteiger partial charge in [0.2, 0.25) is 0 Å². The standard InChI is InChI=1S/C16H17N3O3S/c1-9(5-6-11-4-3-7-22-11)19-15(21)13-10(2)12-14(20)17-8-18-16(12)23-13/h3-4,7-9H,5-6H2,1-2H3,(H,19,21)(H,17,18,20)/t9-/m0/s1. The van der Waals surface area contributed by atoms with Crippen molar-refractivity contribution in [1.29, 1.82) is 0 Å². The maximum absolute atomic E-state index is 12.5. The topological polar surface area (TPSA) is 88.0 Å². The minimum atomic E-state index is -0.214. The summed E-state index contributed by atoms with van der Waals surface area (Å²) in [6.07, 6.45) is 4.54. The molecule has 1 amide bonds.